The Kier molecular flexibility index (Phi) is 2.56. The lowest BCUT2D eigenvalue weighted by molar-refractivity contribution is -0.290. The first kappa shape index (κ1) is 12.9. The van der Waals surface area contributed by atoms with Crippen molar-refractivity contribution in [2.45, 2.75) is 17.8 Å². The van der Waals surface area contributed by atoms with Crippen LogP contribution in [0.3, 0.4) is 0 Å². The van der Waals surface area contributed by atoms with Crippen molar-refractivity contribution in [3.05, 3.63) is 23.6 Å². The molecule has 0 saturated heterocycles. The van der Waals surface area contributed by atoms with Crippen molar-refractivity contribution < 1.29 is 39.5 Å². The van der Waals surface area contributed by atoms with Gasteiger partial charge in [0.2, 0.25) is 5.83 Å². The maximum absolute atomic E-state index is 12.5. The maximum Gasteiger partial charge on any atom is 0.385 e. The number of rotatable bonds is 0. The molecule has 0 aliphatic heterocycles. The number of halogens is 9. The average molecular weight is 256 g/mol. The molecule has 0 heterocycles. The van der Waals surface area contributed by atoms with Crippen LogP contribution in [0, 0.1) is 0 Å². The van der Waals surface area contributed by atoms with Crippen LogP contribution in [0.5, 0.6) is 0 Å². The van der Waals surface area contributed by atoms with Gasteiger partial charge in [0.25, 0.3) is 0 Å². The maximum atomic E-state index is 12.5. The smallest absolute Gasteiger partial charge is 0.205 e. The molecule has 0 unspecified atom stereocenters. The Morgan fingerprint density at radius 2 is 1.19 bits per heavy atom. The largest absolute Gasteiger partial charge is 0.385 e. The van der Waals surface area contributed by atoms with Gasteiger partial charge >= 0.3 is 17.8 Å². The van der Waals surface area contributed by atoms with Gasteiger partial charge in [-0.25, -0.2) is 13.2 Å². The molecule has 0 spiro atoms. The summed E-state index contributed by atoms with van der Waals surface area (Å²) in [4.78, 5) is 0. The minimum Gasteiger partial charge on any atom is -0.205 e. The average Bonchev–Trinajstić information content (AvgIpc) is 2.16. The number of hydrogen-bond donors (Lipinski definition) is 0. The second-order valence-corrected chi connectivity index (χ2v) is 2.88. The van der Waals surface area contributed by atoms with E-state index in [4.69, 9.17) is 0 Å². The molecule has 1 aliphatic rings. The number of alkyl halides is 6. The highest BCUT2D eigenvalue weighted by atomic mass is 19.4. The van der Waals surface area contributed by atoms with Crippen LogP contribution in [0.1, 0.15) is 0 Å². The fraction of sp³-hybridized carbons (Fsp3) is 0.429. The normalized spacial score (nSPS) is 27.4. The molecule has 0 aromatic carbocycles. The fourth-order valence-electron chi connectivity index (χ4n) is 0.900. The van der Waals surface area contributed by atoms with Gasteiger partial charge in [-0.3, -0.25) is 0 Å². The third kappa shape index (κ3) is 1.33. The third-order valence-corrected chi connectivity index (χ3v) is 1.83. The van der Waals surface area contributed by atoms with Crippen molar-refractivity contribution in [2.24, 2.45) is 0 Å². The zero-order valence-corrected chi connectivity index (χ0v) is 6.98. The molecule has 0 N–H and O–H groups in total. The minimum absolute atomic E-state index is 1.04. The zero-order valence-electron chi connectivity index (χ0n) is 6.98. The van der Waals surface area contributed by atoms with E-state index in [2.05, 4.69) is 0 Å². The predicted octanol–water partition coefficient (Wildman–Crippen LogP) is 3.91. The van der Waals surface area contributed by atoms with E-state index in [1.165, 1.54) is 0 Å². The van der Waals surface area contributed by atoms with E-state index in [0.717, 1.165) is 0 Å². The summed E-state index contributed by atoms with van der Waals surface area (Å²) < 4.78 is 112. The summed E-state index contributed by atoms with van der Waals surface area (Å²) in [6, 6.07) is 0. The Balaban J connectivity index is 3.57. The highest BCUT2D eigenvalue weighted by Gasteiger charge is 2.76. The zero-order chi connectivity index (χ0) is 12.9. The van der Waals surface area contributed by atoms with E-state index in [1.54, 1.807) is 0 Å². The molecule has 0 nitrogen and oxygen atoms in total. The summed E-state index contributed by atoms with van der Waals surface area (Å²) in [5.74, 6) is -28.0. The van der Waals surface area contributed by atoms with Crippen molar-refractivity contribution in [3.63, 3.8) is 0 Å². The van der Waals surface area contributed by atoms with Crippen molar-refractivity contribution in [1.82, 2.24) is 0 Å². The molecule has 0 radical (unpaired) electrons. The molecule has 1 aliphatic carbocycles. The van der Waals surface area contributed by atoms with Gasteiger partial charge in [0, 0.05) is 6.08 Å². The van der Waals surface area contributed by atoms with Crippen LogP contribution < -0.4 is 0 Å². The monoisotopic (exact) mass is 256 g/mol. The lowest BCUT2D eigenvalue weighted by Crippen LogP contribution is -2.54. The Hall–Kier alpha value is -1.15. The molecule has 16 heavy (non-hydrogen) atoms. The molecule has 0 fully saturated rings. The Bertz CT molecular complexity index is 375. The van der Waals surface area contributed by atoms with Crippen LogP contribution in [0.25, 0.3) is 0 Å². The molecular formula is C7HF9. The first-order chi connectivity index (χ1) is 6.96. The lowest BCUT2D eigenvalue weighted by atomic mass is 10.0. The van der Waals surface area contributed by atoms with Gasteiger partial charge < -0.3 is 0 Å². The Morgan fingerprint density at radius 1 is 0.750 bits per heavy atom. The molecule has 92 valence electrons. The van der Waals surface area contributed by atoms with E-state index < -0.39 is 41.3 Å². The summed E-state index contributed by atoms with van der Waals surface area (Å²) in [6.07, 6.45) is -1.04. The molecule has 0 bridgehead atoms. The van der Waals surface area contributed by atoms with Gasteiger partial charge in [0.05, 0.1) is 0 Å². The van der Waals surface area contributed by atoms with Crippen molar-refractivity contribution in [2.75, 3.05) is 0 Å². The van der Waals surface area contributed by atoms with Crippen LogP contribution in [0.4, 0.5) is 39.5 Å². The van der Waals surface area contributed by atoms with Crippen LogP contribution in [-0.2, 0) is 0 Å². The van der Waals surface area contributed by atoms with E-state index in [0.29, 0.717) is 0 Å². The van der Waals surface area contributed by atoms with Crippen LogP contribution >= 0.6 is 0 Å². The van der Waals surface area contributed by atoms with Crippen molar-refractivity contribution in [3.8, 4) is 0 Å². The third-order valence-electron chi connectivity index (χ3n) is 1.83. The molecule has 0 atom stereocenters. The fourth-order valence-corrected chi connectivity index (χ4v) is 0.900. The van der Waals surface area contributed by atoms with Gasteiger partial charge in [-0.15, -0.1) is 0 Å². The Labute approximate surface area is 82.0 Å². The van der Waals surface area contributed by atoms with E-state index in [-0.39, 0.29) is 0 Å². The van der Waals surface area contributed by atoms with Gasteiger partial charge in [-0.05, 0) is 0 Å². The lowest BCUT2D eigenvalue weighted by Gasteiger charge is -2.29. The minimum atomic E-state index is -6.40. The van der Waals surface area contributed by atoms with Crippen LogP contribution in [0.2, 0.25) is 0 Å². The summed E-state index contributed by atoms with van der Waals surface area (Å²) in [6.45, 7) is 0. The SMILES string of the molecule is FC1=CC(F)=C(F)C(F)(F)C(F)(F)C1(F)F. The van der Waals surface area contributed by atoms with Gasteiger partial charge in [0.15, 0.2) is 11.7 Å². The topological polar surface area (TPSA) is 0 Å². The van der Waals surface area contributed by atoms with Gasteiger partial charge in [-0.1, -0.05) is 0 Å². The summed E-state index contributed by atoms with van der Waals surface area (Å²) >= 11 is 0. The molecule has 0 aromatic heterocycles. The highest BCUT2D eigenvalue weighted by Crippen LogP contribution is 2.55. The van der Waals surface area contributed by atoms with E-state index in [1.807, 2.05) is 0 Å². The van der Waals surface area contributed by atoms with Crippen LogP contribution in [-0.4, -0.2) is 17.8 Å². The highest BCUT2D eigenvalue weighted by molar-refractivity contribution is 5.33. The summed E-state index contributed by atoms with van der Waals surface area (Å²) in [7, 11) is 0. The van der Waals surface area contributed by atoms with Gasteiger partial charge in [0.1, 0.15) is 0 Å². The molecule has 0 amide bonds. The first-order valence-corrected chi connectivity index (χ1v) is 3.53. The van der Waals surface area contributed by atoms with Crippen molar-refractivity contribution in [1.29, 1.82) is 0 Å². The molecule has 0 saturated carbocycles. The first-order valence-electron chi connectivity index (χ1n) is 3.53. The number of hydrogen-bond acceptors (Lipinski definition) is 0. The van der Waals surface area contributed by atoms with Gasteiger partial charge in [-0.2, -0.15) is 26.3 Å². The number of allylic oxidation sites excluding steroid dienone is 4. The summed E-state index contributed by atoms with van der Waals surface area (Å²) in [5.41, 5.74) is 0. The second-order valence-electron chi connectivity index (χ2n) is 2.88. The van der Waals surface area contributed by atoms with E-state index in [9.17, 15) is 39.5 Å². The molecule has 1 rings (SSSR count). The molecular weight excluding hydrogens is 255 g/mol. The van der Waals surface area contributed by atoms with Crippen molar-refractivity contribution >= 4 is 0 Å². The molecule has 0 aromatic rings. The Morgan fingerprint density at radius 3 is 1.62 bits per heavy atom. The van der Waals surface area contributed by atoms with E-state index >= 15 is 0 Å². The van der Waals surface area contributed by atoms with Crippen LogP contribution in [0.15, 0.2) is 23.6 Å². The standard InChI is InChI=1S/C7HF9/c8-2-1-3(9)5(11,12)7(15,16)6(13,14)4(2)10/h1H. The predicted molar refractivity (Wildman–Crippen MR) is 33.3 cm³/mol. The quantitative estimate of drug-likeness (QED) is 0.576. The summed E-state index contributed by atoms with van der Waals surface area (Å²) in [5, 5.41) is 0. The second kappa shape index (κ2) is 3.17. The molecule has 9 heteroatoms.